The number of hydrogen-bond donors (Lipinski definition) is 3. The van der Waals surface area contributed by atoms with Crippen molar-refractivity contribution in [1.29, 1.82) is 5.26 Å². The number of carbonyl (C=O) groups excluding carboxylic acids is 1. The lowest BCUT2D eigenvalue weighted by atomic mass is 9.68. The number of ether oxygens (including phenoxy) is 1. The summed E-state index contributed by atoms with van der Waals surface area (Å²) in [7, 11) is 1.65. The molecule has 2 aromatic carbocycles. The molecule has 4 rings (SSSR count). The first-order chi connectivity index (χ1) is 17.6. The molecule has 1 fully saturated rings. The standard InChI is InChI=1S/C28H30N6O2/c1-30-27(33-20-29)34-22-14-16-28(17-15-22,21-9-4-2-5-10-21)19-32-25(35)24-13-8-18-31-26(24)36-23-11-6-3-7-12-23/h2-13,18,22H,14-17,19H2,1H3,(H,32,35)(H2,30,33,34). The van der Waals surface area contributed by atoms with Gasteiger partial charge in [-0.15, -0.1) is 0 Å². The summed E-state index contributed by atoms with van der Waals surface area (Å²) in [6, 6.07) is 23.3. The lowest BCUT2D eigenvalue weighted by molar-refractivity contribution is 0.0932. The van der Waals surface area contributed by atoms with Crippen LogP contribution in [0, 0.1) is 11.5 Å². The first kappa shape index (κ1) is 24.7. The number of nitrogens with one attached hydrogen (secondary N) is 3. The molecule has 184 valence electrons. The fourth-order valence-corrected chi connectivity index (χ4v) is 4.67. The van der Waals surface area contributed by atoms with Crippen molar-refractivity contribution in [2.45, 2.75) is 37.1 Å². The maximum atomic E-state index is 13.3. The minimum absolute atomic E-state index is 0.196. The number of rotatable bonds is 7. The van der Waals surface area contributed by atoms with Gasteiger partial charge in [0.1, 0.15) is 11.3 Å². The van der Waals surface area contributed by atoms with Gasteiger partial charge in [0.15, 0.2) is 6.19 Å². The minimum atomic E-state index is -0.219. The molecule has 1 aromatic heterocycles. The van der Waals surface area contributed by atoms with E-state index < -0.39 is 0 Å². The summed E-state index contributed by atoms with van der Waals surface area (Å²) in [5, 5.41) is 18.0. The molecule has 8 heteroatoms. The average molecular weight is 483 g/mol. The second-order valence-corrected chi connectivity index (χ2v) is 8.83. The Kier molecular flexibility index (Phi) is 8.14. The smallest absolute Gasteiger partial charge is 0.256 e. The van der Waals surface area contributed by atoms with Crippen LogP contribution in [0.25, 0.3) is 0 Å². The number of benzene rings is 2. The van der Waals surface area contributed by atoms with Crippen LogP contribution in [0.4, 0.5) is 0 Å². The van der Waals surface area contributed by atoms with Gasteiger partial charge in [0.05, 0.1) is 0 Å². The molecular formula is C28H30N6O2. The Balaban J connectivity index is 1.48. The van der Waals surface area contributed by atoms with E-state index in [9.17, 15) is 4.79 Å². The van der Waals surface area contributed by atoms with Crippen LogP contribution in [0.15, 0.2) is 84.0 Å². The van der Waals surface area contributed by atoms with Gasteiger partial charge in [-0.05, 0) is 55.5 Å². The lowest BCUT2D eigenvalue weighted by Gasteiger charge is -2.41. The van der Waals surface area contributed by atoms with Gasteiger partial charge >= 0.3 is 0 Å². The molecule has 0 radical (unpaired) electrons. The predicted molar refractivity (Wildman–Crippen MR) is 139 cm³/mol. The molecule has 1 heterocycles. The highest BCUT2D eigenvalue weighted by atomic mass is 16.5. The Labute approximate surface area is 211 Å². The second kappa shape index (κ2) is 11.8. The summed E-state index contributed by atoms with van der Waals surface area (Å²) < 4.78 is 5.89. The zero-order valence-corrected chi connectivity index (χ0v) is 20.3. The highest BCUT2D eigenvalue weighted by molar-refractivity contribution is 5.96. The number of pyridine rings is 1. The highest BCUT2D eigenvalue weighted by Crippen LogP contribution is 2.39. The second-order valence-electron chi connectivity index (χ2n) is 8.83. The van der Waals surface area contributed by atoms with E-state index in [1.165, 1.54) is 5.56 Å². The van der Waals surface area contributed by atoms with Crippen LogP contribution in [0.2, 0.25) is 0 Å². The molecule has 36 heavy (non-hydrogen) atoms. The van der Waals surface area contributed by atoms with E-state index in [1.54, 1.807) is 25.4 Å². The summed E-state index contributed by atoms with van der Waals surface area (Å²) in [5.41, 5.74) is 1.39. The normalized spacial score (nSPS) is 19.6. The van der Waals surface area contributed by atoms with Gasteiger partial charge < -0.3 is 15.4 Å². The first-order valence-electron chi connectivity index (χ1n) is 12.0. The molecule has 1 aliphatic rings. The molecule has 1 aliphatic carbocycles. The average Bonchev–Trinajstić information content (AvgIpc) is 2.93. The fourth-order valence-electron chi connectivity index (χ4n) is 4.67. The van der Waals surface area contributed by atoms with Crippen LogP contribution >= 0.6 is 0 Å². The van der Waals surface area contributed by atoms with Gasteiger partial charge in [-0.3, -0.25) is 15.1 Å². The molecule has 0 saturated heterocycles. The maximum Gasteiger partial charge on any atom is 0.256 e. The third-order valence-electron chi connectivity index (χ3n) is 6.63. The van der Waals surface area contributed by atoms with Crippen molar-refractivity contribution in [1.82, 2.24) is 20.9 Å². The summed E-state index contributed by atoms with van der Waals surface area (Å²) >= 11 is 0. The number of aromatic nitrogens is 1. The molecule has 0 bridgehead atoms. The van der Waals surface area contributed by atoms with Gasteiger partial charge in [0, 0.05) is 31.2 Å². The van der Waals surface area contributed by atoms with Crippen LogP contribution in [-0.4, -0.2) is 36.5 Å². The number of aliphatic imine (C=N–C) groups is 1. The first-order valence-corrected chi connectivity index (χ1v) is 12.0. The van der Waals surface area contributed by atoms with Gasteiger partial charge in [-0.2, -0.15) is 5.26 Å². The molecule has 0 aliphatic heterocycles. The molecule has 8 nitrogen and oxygen atoms in total. The SMILES string of the molecule is CN=C(NC#N)NC1CCC(CNC(=O)c2cccnc2Oc2ccccc2)(c2ccccc2)CC1. The zero-order chi connectivity index (χ0) is 25.2. The Morgan fingerprint density at radius 2 is 1.78 bits per heavy atom. The molecule has 0 atom stereocenters. The van der Waals surface area contributed by atoms with Crippen LogP contribution in [0.5, 0.6) is 11.6 Å². The van der Waals surface area contributed by atoms with Crippen molar-refractivity contribution < 1.29 is 9.53 Å². The van der Waals surface area contributed by atoms with Crippen molar-refractivity contribution in [3.63, 3.8) is 0 Å². The van der Waals surface area contributed by atoms with E-state index in [0.29, 0.717) is 23.8 Å². The van der Waals surface area contributed by atoms with Gasteiger partial charge in [-0.1, -0.05) is 48.5 Å². The monoisotopic (exact) mass is 482 g/mol. The number of amides is 1. The number of hydrogen-bond acceptors (Lipinski definition) is 5. The quantitative estimate of drug-likeness (QED) is 0.202. The Bertz CT molecular complexity index is 1220. The molecule has 0 spiro atoms. The lowest BCUT2D eigenvalue weighted by Crippen LogP contribution is -2.49. The van der Waals surface area contributed by atoms with Crippen molar-refractivity contribution in [2.75, 3.05) is 13.6 Å². The number of guanidine groups is 1. The van der Waals surface area contributed by atoms with Gasteiger partial charge in [0.2, 0.25) is 11.8 Å². The summed E-state index contributed by atoms with van der Waals surface area (Å²) in [4.78, 5) is 21.7. The van der Waals surface area contributed by atoms with Crippen LogP contribution < -0.4 is 20.7 Å². The molecule has 3 N–H and O–H groups in total. The highest BCUT2D eigenvalue weighted by Gasteiger charge is 2.37. The fraction of sp³-hybridized carbons (Fsp3) is 0.286. The van der Waals surface area contributed by atoms with Crippen molar-refractivity contribution >= 4 is 11.9 Å². The number of para-hydroxylation sites is 1. The topological polar surface area (TPSA) is 111 Å². The van der Waals surface area contributed by atoms with Crippen molar-refractivity contribution in [2.24, 2.45) is 4.99 Å². The van der Waals surface area contributed by atoms with Crippen LogP contribution in [-0.2, 0) is 5.41 Å². The van der Waals surface area contributed by atoms with E-state index in [0.717, 1.165) is 25.7 Å². The van der Waals surface area contributed by atoms with Crippen LogP contribution in [0.3, 0.4) is 0 Å². The molecule has 1 amide bonds. The number of carbonyl (C=O) groups is 1. The molecule has 0 unspecified atom stereocenters. The zero-order valence-electron chi connectivity index (χ0n) is 20.3. The maximum absolute atomic E-state index is 13.3. The summed E-state index contributed by atoms with van der Waals surface area (Å²) in [6.45, 7) is 0.493. The van der Waals surface area contributed by atoms with Gasteiger partial charge in [0.25, 0.3) is 5.91 Å². The van der Waals surface area contributed by atoms with E-state index in [-0.39, 0.29) is 23.2 Å². The van der Waals surface area contributed by atoms with E-state index in [2.05, 4.69) is 38.1 Å². The summed E-state index contributed by atoms with van der Waals surface area (Å²) in [6.07, 6.45) is 7.04. The van der Waals surface area contributed by atoms with E-state index in [1.807, 2.05) is 54.7 Å². The van der Waals surface area contributed by atoms with Crippen molar-refractivity contribution in [3.8, 4) is 17.8 Å². The Morgan fingerprint density at radius 3 is 2.44 bits per heavy atom. The molecule has 3 aromatic rings. The minimum Gasteiger partial charge on any atom is -0.438 e. The Hall–Kier alpha value is -4.38. The third kappa shape index (κ3) is 5.99. The van der Waals surface area contributed by atoms with E-state index >= 15 is 0 Å². The van der Waals surface area contributed by atoms with Crippen molar-refractivity contribution in [3.05, 3.63) is 90.1 Å². The van der Waals surface area contributed by atoms with Crippen LogP contribution in [0.1, 0.15) is 41.6 Å². The number of nitriles is 1. The molecular weight excluding hydrogens is 452 g/mol. The largest absolute Gasteiger partial charge is 0.438 e. The Morgan fingerprint density at radius 1 is 1.08 bits per heavy atom. The summed E-state index contributed by atoms with van der Waals surface area (Å²) in [5.74, 6) is 1.16. The predicted octanol–water partition coefficient (Wildman–Crippen LogP) is 4.13. The van der Waals surface area contributed by atoms with Gasteiger partial charge in [-0.25, -0.2) is 4.98 Å². The molecule has 1 saturated carbocycles. The third-order valence-corrected chi connectivity index (χ3v) is 6.63. The number of nitrogens with zero attached hydrogens (tertiary/aromatic N) is 3. The van der Waals surface area contributed by atoms with E-state index in [4.69, 9.17) is 10.00 Å².